The lowest BCUT2D eigenvalue weighted by molar-refractivity contribution is -0.114. The van der Waals surface area contributed by atoms with E-state index in [2.05, 4.69) is 34.9 Å². The molecule has 6 nitrogen and oxygen atoms in total. The quantitative estimate of drug-likeness (QED) is 0.287. The van der Waals surface area contributed by atoms with Crippen molar-refractivity contribution in [3.8, 4) is 0 Å². The molecule has 0 unspecified atom stereocenters. The van der Waals surface area contributed by atoms with Crippen LogP contribution in [-0.2, 0) is 4.79 Å². The van der Waals surface area contributed by atoms with Gasteiger partial charge < -0.3 is 10.6 Å². The Labute approximate surface area is 113 Å². The van der Waals surface area contributed by atoms with Crippen molar-refractivity contribution >= 4 is 23.2 Å². The lowest BCUT2D eigenvalue weighted by Crippen LogP contribution is -2.36. The van der Waals surface area contributed by atoms with Gasteiger partial charge in [0.05, 0.1) is 0 Å². The molecule has 0 aliphatic rings. The Hall–Kier alpha value is -2.08. The number of rotatable bonds is 4. The number of carbonyl (C=O) groups excluding carboxylic acids is 1. The molecule has 0 saturated carbocycles. The summed E-state index contributed by atoms with van der Waals surface area (Å²) in [6.45, 7) is 6.30. The Morgan fingerprint density at radius 1 is 1.32 bits per heavy atom. The van der Waals surface area contributed by atoms with Crippen molar-refractivity contribution in [3.63, 3.8) is 0 Å². The third-order valence-corrected chi connectivity index (χ3v) is 2.20. The van der Waals surface area contributed by atoms with Crippen LogP contribution in [-0.4, -0.2) is 18.4 Å². The van der Waals surface area contributed by atoms with Crippen molar-refractivity contribution in [1.82, 2.24) is 5.43 Å². The van der Waals surface area contributed by atoms with Gasteiger partial charge in [0.15, 0.2) is 0 Å². The lowest BCUT2D eigenvalue weighted by Gasteiger charge is -2.11. The molecule has 0 bridgehead atoms. The molecule has 1 rings (SSSR count). The number of nitrogens with two attached hydrogens (primary N) is 1. The minimum atomic E-state index is -0.109. The number of hydrogen-bond donors (Lipinski definition) is 4. The van der Waals surface area contributed by atoms with Crippen molar-refractivity contribution in [2.75, 3.05) is 17.2 Å². The Balaban J connectivity index is 2.74. The van der Waals surface area contributed by atoms with Crippen LogP contribution in [0.15, 0.2) is 29.3 Å². The average Bonchev–Trinajstić information content (AvgIpc) is 2.33. The molecule has 1 aromatic carbocycles. The minimum absolute atomic E-state index is 0.109. The highest BCUT2D eigenvalue weighted by atomic mass is 16.1. The summed E-state index contributed by atoms with van der Waals surface area (Å²) in [5.74, 6) is 6.25. The van der Waals surface area contributed by atoms with E-state index in [4.69, 9.17) is 5.84 Å². The van der Waals surface area contributed by atoms with E-state index in [1.807, 2.05) is 24.3 Å². The molecular weight excluding hydrogens is 242 g/mol. The van der Waals surface area contributed by atoms with E-state index in [1.165, 1.54) is 6.92 Å². The maximum absolute atomic E-state index is 11.0. The highest BCUT2D eigenvalue weighted by molar-refractivity contribution is 5.94. The number of nitrogens with one attached hydrogen (secondary N) is 3. The zero-order valence-corrected chi connectivity index (χ0v) is 11.5. The van der Waals surface area contributed by atoms with Crippen molar-refractivity contribution in [2.45, 2.75) is 20.8 Å². The maximum Gasteiger partial charge on any atom is 0.221 e. The number of anilines is 2. The predicted octanol–water partition coefficient (Wildman–Crippen LogP) is 1.53. The second kappa shape index (κ2) is 7.38. The van der Waals surface area contributed by atoms with Crippen LogP contribution in [0.4, 0.5) is 11.4 Å². The van der Waals surface area contributed by atoms with E-state index in [9.17, 15) is 4.79 Å². The second-order valence-corrected chi connectivity index (χ2v) is 4.61. The Bertz CT molecular complexity index is 456. The molecule has 0 saturated heterocycles. The van der Waals surface area contributed by atoms with Gasteiger partial charge in [-0.3, -0.25) is 15.2 Å². The van der Waals surface area contributed by atoms with Gasteiger partial charge >= 0.3 is 0 Å². The monoisotopic (exact) mass is 263 g/mol. The highest BCUT2D eigenvalue weighted by Crippen LogP contribution is 2.14. The van der Waals surface area contributed by atoms with Gasteiger partial charge in [-0.15, -0.1) is 0 Å². The van der Waals surface area contributed by atoms with Gasteiger partial charge in [0.2, 0.25) is 11.9 Å². The van der Waals surface area contributed by atoms with Crippen molar-refractivity contribution in [3.05, 3.63) is 24.3 Å². The first kappa shape index (κ1) is 15.0. The summed E-state index contributed by atoms with van der Waals surface area (Å²) in [7, 11) is 0. The fourth-order valence-corrected chi connectivity index (χ4v) is 1.41. The number of hydrazine groups is 1. The smallest absolute Gasteiger partial charge is 0.221 e. The first-order valence-corrected chi connectivity index (χ1v) is 6.17. The van der Waals surface area contributed by atoms with E-state index < -0.39 is 0 Å². The second-order valence-electron chi connectivity index (χ2n) is 4.61. The molecule has 1 aromatic rings. The van der Waals surface area contributed by atoms with Crippen molar-refractivity contribution < 1.29 is 4.79 Å². The van der Waals surface area contributed by atoms with Gasteiger partial charge in [0.25, 0.3) is 0 Å². The molecule has 0 heterocycles. The molecule has 0 aromatic heterocycles. The summed E-state index contributed by atoms with van der Waals surface area (Å²) >= 11 is 0. The van der Waals surface area contributed by atoms with E-state index in [0.29, 0.717) is 18.4 Å². The summed E-state index contributed by atoms with van der Waals surface area (Å²) in [6, 6.07) is 7.33. The topological polar surface area (TPSA) is 91.5 Å². The van der Waals surface area contributed by atoms with E-state index >= 15 is 0 Å². The number of aliphatic imine (C=N–C) groups is 1. The van der Waals surface area contributed by atoms with Crippen LogP contribution in [0, 0.1) is 5.92 Å². The summed E-state index contributed by atoms with van der Waals surface area (Å²) in [4.78, 5) is 15.3. The summed E-state index contributed by atoms with van der Waals surface area (Å²) in [6.07, 6.45) is 0. The van der Waals surface area contributed by atoms with E-state index in [1.54, 1.807) is 0 Å². The third kappa shape index (κ3) is 5.87. The number of amides is 1. The van der Waals surface area contributed by atoms with Crippen LogP contribution in [0.25, 0.3) is 0 Å². The Morgan fingerprint density at radius 2 is 1.95 bits per heavy atom. The van der Waals surface area contributed by atoms with E-state index in [0.717, 1.165) is 11.4 Å². The number of guanidine groups is 1. The average molecular weight is 263 g/mol. The van der Waals surface area contributed by atoms with Crippen LogP contribution in [0.2, 0.25) is 0 Å². The largest absolute Gasteiger partial charge is 0.326 e. The Kier molecular flexibility index (Phi) is 5.81. The van der Waals surface area contributed by atoms with Gasteiger partial charge in [-0.1, -0.05) is 19.9 Å². The normalized spacial score (nSPS) is 11.3. The molecule has 0 aliphatic heterocycles. The number of hydrogen-bond acceptors (Lipinski definition) is 3. The van der Waals surface area contributed by atoms with Crippen LogP contribution in [0.1, 0.15) is 20.8 Å². The van der Waals surface area contributed by atoms with Gasteiger partial charge in [-0.05, 0) is 24.1 Å². The predicted molar refractivity (Wildman–Crippen MR) is 78.8 cm³/mol. The Morgan fingerprint density at radius 3 is 2.47 bits per heavy atom. The maximum atomic E-state index is 11.0. The lowest BCUT2D eigenvalue weighted by atomic mass is 10.2. The standard InChI is InChI=1S/C13H21N5O/c1-9(2)8-15-13(18-14)17-12-6-4-5-11(7-12)16-10(3)19/h4-7,9H,8,14H2,1-3H3,(H,16,19)(H2,15,17,18). The molecule has 19 heavy (non-hydrogen) atoms. The minimum Gasteiger partial charge on any atom is -0.326 e. The van der Waals surface area contributed by atoms with Gasteiger partial charge in [-0.2, -0.15) is 0 Å². The molecule has 1 amide bonds. The molecule has 6 heteroatoms. The molecule has 0 aliphatic carbocycles. The van der Waals surface area contributed by atoms with Crippen molar-refractivity contribution in [2.24, 2.45) is 16.8 Å². The molecule has 0 fully saturated rings. The summed E-state index contributed by atoms with van der Waals surface area (Å²) < 4.78 is 0. The first-order valence-electron chi connectivity index (χ1n) is 6.17. The van der Waals surface area contributed by atoms with Crippen LogP contribution >= 0.6 is 0 Å². The van der Waals surface area contributed by atoms with Crippen LogP contribution < -0.4 is 21.9 Å². The number of nitrogens with zero attached hydrogens (tertiary/aromatic N) is 1. The zero-order chi connectivity index (χ0) is 14.3. The van der Waals surface area contributed by atoms with Gasteiger partial charge in [0, 0.05) is 24.8 Å². The fourth-order valence-electron chi connectivity index (χ4n) is 1.41. The molecule has 0 atom stereocenters. The van der Waals surface area contributed by atoms with Crippen molar-refractivity contribution in [1.29, 1.82) is 0 Å². The highest BCUT2D eigenvalue weighted by Gasteiger charge is 2.01. The zero-order valence-electron chi connectivity index (χ0n) is 11.5. The molecule has 104 valence electrons. The fraction of sp³-hybridized carbons (Fsp3) is 0.385. The SMILES string of the molecule is CC(=O)Nc1cccc(NC(=NCC(C)C)NN)c1. The first-order chi connectivity index (χ1) is 9.01. The van der Waals surface area contributed by atoms with Crippen LogP contribution in [0.5, 0.6) is 0 Å². The summed E-state index contributed by atoms with van der Waals surface area (Å²) in [5.41, 5.74) is 4.04. The number of benzene rings is 1. The van der Waals surface area contributed by atoms with Crippen LogP contribution in [0.3, 0.4) is 0 Å². The molecule has 5 N–H and O–H groups in total. The molecule has 0 radical (unpaired) electrons. The van der Waals surface area contributed by atoms with Gasteiger partial charge in [0.1, 0.15) is 0 Å². The summed E-state index contributed by atoms with van der Waals surface area (Å²) in [5, 5.41) is 5.78. The third-order valence-electron chi connectivity index (χ3n) is 2.20. The molecular formula is C13H21N5O. The van der Waals surface area contributed by atoms with Gasteiger partial charge in [-0.25, -0.2) is 5.84 Å². The number of carbonyl (C=O) groups is 1. The van der Waals surface area contributed by atoms with E-state index in [-0.39, 0.29) is 5.91 Å². The molecule has 0 spiro atoms.